The Bertz CT molecular complexity index is 863. The molecule has 1 aliphatic rings. The number of pyridine rings is 1. The van der Waals surface area contributed by atoms with Gasteiger partial charge in [-0.1, -0.05) is 87.2 Å². The average Bonchev–Trinajstić information content (AvgIpc) is 3.23. The normalized spacial score (nSPS) is 15.2. The molecule has 0 saturated carbocycles. The molecule has 0 bridgehead atoms. The molecule has 0 amide bonds. The van der Waals surface area contributed by atoms with Crippen molar-refractivity contribution >= 4 is 29.2 Å². The molecule has 2 aromatic rings. The van der Waals surface area contributed by atoms with Crippen LogP contribution in [0.1, 0.15) is 88.3 Å². The molecule has 0 aliphatic carbocycles. The summed E-state index contributed by atoms with van der Waals surface area (Å²) in [6, 6.07) is 9.44. The predicted molar refractivity (Wildman–Crippen MR) is 136 cm³/mol. The molecule has 7 heteroatoms. The van der Waals surface area contributed by atoms with Crippen molar-refractivity contribution in [3.8, 4) is 5.88 Å². The van der Waals surface area contributed by atoms with Crippen LogP contribution in [0.5, 0.6) is 5.88 Å². The van der Waals surface area contributed by atoms with Crippen LogP contribution in [-0.4, -0.2) is 29.2 Å². The number of hydrogen-bond acceptors (Lipinski definition) is 4. The molecule has 1 aromatic heterocycles. The summed E-state index contributed by atoms with van der Waals surface area (Å²) in [5, 5.41) is 13.7. The number of carbonyl (C=O) groups is 1. The zero-order valence-electron chi connectivity index (χ0n) is 19.7. The number of fused-ring (bicyclic) bond motifs is 1. The zero-order chi connectivity index (χ0) is 24.1. The van der Waals surface area contributed by atoms with E-state index in [9.17, 15) is 4.79 Å². The van der Waals surface area contributed by atoms with Gasteiger partial charge in [0.05, 0.1) is 0 Å². The third-order valence-electron chi connectivity index (χ3n) is 5.77. The fourth-order valence-electron chi connectivity index (χ4n) is 3.79. The van der Waals surface area contributed by atoms with Gasteiger partial charge in [-0.05, 0) is 43.7 Å². The lowest BCUT2D eigenvalue weighted by Crippen LogP contribution is -2.20. The second-order valence-corrected chi connectivity index (χ2v) is 9.26. The Hall–Kier alpha value is -1.82. The SMILES string of the molecule is CCCCCCCCCCN[C@H](C)c1ccc(Cl)cc1Cl.O=C(O)[C@H]1COc2ncccc21. The number of rotatable bonds is 12. The van der Waals surface area contributed by atoms with E-state index >= 15 is 0 Å². The molecule has 1 aliphatic heterocycles. The molecule has 0 spiro atoms. The minimum atomic E-state index is -0.859. The standard InChI is InChI=1S/C18H29Cl2N.C8H7NO3/c1-3-4-5-6-7-8-9-10-13-21-15(2)17-12-11-16(19)14-18(17)20;10-8(11)6-4-12-7-5(6)2-1-3-9-7/h11-12,14-15,21H,3-10,13H2,1-2H3;1-3,6H,4H2,(H,10,11)/t15-;6-/m10/s1. The summed E-state index contributed by atoms with van der Waals surface area (Å²) in [6.07, 6.45) is 12.4. The van der Waals surface area contributed by atoms with Crippen LogP contribution in [0.2, 0.25) is 10.0 Å². The number of halogens is 2. The highest BCUT2D eigenvalue weighted by Crippen LogP contribution is 2.31. The van der Waals surface area contributed by atoms with Crippen LogP contribution in [-0.2, 0) is 4.79 Å². The van der Waals surface area contributed by atoms with E-state index < -0.39 is 11.9 Å². The Morgan fingerprint density at radius 3 is 2.52 bits per heavy atom. The number of aliphatic carboxylic acids is 1. The van der Waals surface area contributed by atoms with Crippen LogP contribution < -0.4 is 10.1 Å². The average molecular weight is 495 g/mol. The van der Waals surface area contributed by atoms with Crippen molar-refractivity contribution in [3.05, 3.63) is 57.7 Å². The third-order valence-corrected chi connectivity index (χ3v) is 6.33. The van der Waals surface area contributed by atoms with Crippen LogP contribution in [0.15, 0.2) is 36.5 Å². The van der Waals surface area contributed by atoms with Crippen molar-refractivity contribution < 1.29 is 14.6 Å². The van der Waals surface area contributed by atoms with Crippen molar-refractivity contribution in [3.63, 3.8) is 0 Å². The number of carboxylic acids is 1. The number of ether oxygens (including phenoxy) is 1. The molecule has 3 rings (SSSR count). The summed E-state index contributed by atoms with van der Waals surface area (Å²) >= 11 is 12.1. The van der Waals surface area contributed by atoms with Crippen molar-refractivity contribution in [2.45, 2.75) is 77.2 Å². The molecule has 0 fully saturated rings. The number of benzene rings is 1. The van der Waals surface area contributed by atoms with E-state index in [2.05, 4.69) is 24.1 Å². The van der Waals surface area contributed by atoms with E-state index in [1.807, 2.05) is 18.2 Å². The van der Waals surface area contributed by atoms with E-state index in [4.69, 9.17) is 33.0 Å². The maximum Gasteiger partial charge on any atom is 0.314 e. The molecule has 33 heavy (non-hydrogen) atoms. The minimum Gasteiger partial charge on any atom is -0.481 e. The van der Waals surface area contributed by atoms with Crippen molar-refractivity contribution in [1.29, 1.82) is 0 Å². The largest absolute Gasteiger partial charge is 0.481 e. The molecule has 0 radical (unpaired) electrons. The maximum atomic E-state index is 10.7. The summed E-state index contributed by atoms with van der Waals surface area (Å²) in [6.45, 7) is 5.66. The van der Waals surface area contributed by atoms with E-state index in [-0.39, 0.29) is 12.6 Å². The Morgan fingerprint density at radius 1 is 1.15 bits per heavy atom. The number of nitrogens with one attached hydrogen (secondary N) is 1. The number of unbranched alkanes of at least 4 members (excludes halogenated alkanes) is 7. The van der Waals surface area contributed by atoms with Gasteiger partial charge in [0.15, 0.2) is 0 Å². The highest BCUT2D eigenvalue weighted by molar-refractivity contribution is 6.35. The van der Waals surface area contributed by atoms with Crippen molar-refractivity contribution in [1.82, 2.24) is 10.3 Å². The van der Waals surface area contributed by atoms with Gasteiger partial charge in [-0.15, -0.1) is 0 Å². The van der Waals surface area contributed by atoms with Gasteiger partial charge < -0.3 is 15.2 Å². The predicted octanol–water partition coefficient (Wildman–Crippen LogP) is 7.43. The van der Waals surface area contributed by atoms with E-state index in [0.29, 0.717) is 16.5 Å². The second-order valence-electron chi connectivity index (χ2n) is 8.42. The number of aromatic nitrogens is 1. The molecule has 1 aromatic carbocycles. The molecule has 0 saturated heterocycles. The van der Waals surface area contributed by atoms with Gasteiger partial charge in [-0.25, -0.2) is 4.98 Å². The van der Waals surface area contributed by atoms with Gasteiger partial charge in [-0.2, -0.15) is 0 Å². The van der Waals surface area contributed by atoms with Gasteiger partial charge in [0.1, 0.15) is 12.5 Å². The Balaban J connectivity index is 0.000000268. The van der Waals surface area contributed by atoms with Gasteiger partial charge >= 0.3 is 5.97 Å². The third kappa shape index (κ3) is 9.52. The molecule has 0 unspecified atom stereocenters. The summed E-state index contributed by atoms with van der Waals surface area (Å²) < 4.78 is 5.08. The minimum absolute atomic E-state index is 0.196. The number of nitrogens with zero attached hydrogens (tertiary/aromatic N) is 1. The topological polar surface area (TPSA) is 71.5 Å². The quantitative estimate of drug-likeness (QED) is 0.300. The van der Waals surface area contributed by atoms with E-state index in [1.54, 1.807) is 18.3 Å². The van der Waals surface area contributed by atoms with E-state index in [1.165, 1.54) is 51.4 Å². The fourth-order valence-corrected chi connectivity index (χ4v) is 4.36. The lowest BCUT2D eigenvalue weighted by atomic mass is 10.0. The lowest BCUT2D eigenvalue weighted by molar-refractivity contribution is -0.138. The van der Waals surface area contributed by atoms with Crippen LogP contribution in [0.4, 0.5) is 0 Å². The lowest BCUT2D eigenvalue weighted by Gasteiger charge is -2.16. The van der Waals surface area contributed by atoms with Crippen LogP contribution in [0.25, 0.3) is 0 Å². The van der Waals surface area contributed by atoms with Gasteiger partial charge in [0.25, 0.3) is 0 Å². The summed E-state index contributed by atoms with van der Waals surface area (Å²) in [5.41, 5.74) is 1.80. The first kappa shape index (κ1) is 27.4. The Morgan fingerprint density at radius 2 is 1.85 bits per heavy atom. The van der Waals surface area contributed by atoms with Gasteiger partial charge in [0, 0.05) is 27.8 Å². The Kier molecular flexibility index (Phi) is 12.6. The molecule has 182 valence electrons. The molecular formula is C26H36Cl2N2O3. The Labute approximate surface area is 207 Å². The first-order valence-electron chi connectivity index (χ1n) is 11.9. The first-order valence-corrected chi connectivity index (χ1v) is 12.7. The zero-order valence-corrected chi connectivity index (χ0v) is 21.2. The molecule has 2 N–H and O–H groups in total. The van der Waals surface area contributed by atoms with Crippen LogP contribution in [0, 0.1) is 0 Å². The summed E-state index contributed by atoms with van der Waals surface area (Å²) in [7, 11) is 0. The number of carboxylic acid groups (broad SMARTS) is 1. The van der Waals surface area contributed by atoms with Gasteiger partial charge in [-0.3, -0.25) is 4.79 Å². The van der Waals surface area contributed by atoms with Crippen LogP contribution >= 0.6 is 23.2 Å². The highest BCUT2D eigenvalue weighted by Gasteiger charge is 2.30. The summed E-state index contributed by atoms with van der Waals surface area (Å²) in [4.78, 5) is 14.6. The van der Waals surface area contributed by atoms with Crippen molar-refractivity contribution in [2.24, 2.45) is 0 Å². The molecular weight excluding hydrogens is 459 g/mol. The monoisotopic (exact) mass is 494 g/mol. The molecule has 5 nitrogen and oxygen atoms in total. The smallest absolute Gasteiger partial charge is 0.314 e. The van der Waals surface area contributed by atoms with Crippen molar-refractivity contribution in [2.75, 3.05) is 13.2 Å². The molecule has 2 heterocycles. The maximum absolute atomic E-state index is 10.7. The van der Waals surface area contributed by atoms with E-state index in [0.717, 1.165) is 17.1 Å². The highest BCUT2D eigenvalue weighted by atomic mass is 35.5. The first-order chi connectivity index (χ1) is 15.9. The number of hydrogen-bond donors (Lipinski definition) is 2. The fraction of sp³-hybridized carbons (Fsp3) is 0.538. The molecule has 2 atom stereocenters. The van der Waals surface area contributed by atoms with Crippen LogP contribution in [0.3, 0.4) is 0 Å². The second kappa shape index (κ2) is 15.2. The summed E-state index contributed by atoms with van der Waals surface area (Å²) in [5.74, 6) is -0.958. The van der Waals surface area contributed by atoms with Gasteiger partial charge in [0.2, 0.25) is 5.88 Å².